The van der Waals surface area contributed by atoms with E-state index in [1.165, 1.54) is 5.56 Å². The summed E-state index contributed by atoms with van der Waals surface area (Å²) in [5.41, 5.74) is 2.33. The van der Waals surface area contributed by atoms with E-state index in [1.807, 2.05) is 6.07 Å². The molecule has 2 rings (SSSR count). The minimum absolute atomic E-state index is 0.329. The number of hydrogen-bond donors (Lipinski definition) is 0. The van der Waals surface area contributed by atoms with Crippen molar-refractivity contribution in [2.75, 3.05) is 25.1 Å². The number of halogens is 2. The smallest absolute Gasteiger partial charge is 0.0746 e. The highest BCUT2D eigenvalue weighted by Gasteiger charge is 2.21. The number of rotatable bonds is 3. The molecule has 1 heterocycles. The van der Waals surface area contributed by atoms with Crippen LogP contribution < -0.4 is 4.90 Å². The van der Waals surface area contributed by atoms with Crippen molar-refractivity contribution in [2.24, 2.45) is 0 Å². The fourth-order valence-electron chi connectivity index (χ4n) is 2.24. The zero-order chi connectivity index (χ0) is 12.3. The Kier molecular flexibility index (Phi) is 4.71. The van der Waals surface area contributed by atoms with Crippen LogP contribution in [0.25, 0.3) is 0 Å². The molecule has 0 saturated carbocycles. The SMILES string of the molecule is COC1CCCN(c2ccc(CBr)cc2Cl)C1. The molecule has 0 aromatic heterocycles. The predicted molar refractivity (Wildman–Crippen MR) is 76.3 cm³/mol. The zero-order valence-electron chi connectivity index (χ0n) is 9.96. The molecule has 0 amide bonds. The van der Waals surface area contributed by atoms with Crippen LogP contribution >= 0.6 is 27.5 Å². The first-order chi connectivity index (χ1) is 8.24. The van der Waals surface area contributed by atoms with Crippen LogP contribution in [0.5, 0.6) is 0 Å². The third kappa shape index (κ3) is 3.15. The van der Waals surface area contributed by atoms with Gasteiger partial charge in [-0.25, -0.2) is 0 Å². The molecule has 17 heavy (non-hydrogen) atoms. The summed E-state index contributed by atoms with van der Waals surface area (Å²) in [4.78, 5) is 2.32. The molecule has 0 radical (unpaired) electrons. The number of benzene rings is 1. The van der Waals surface area contributed by atoms with Gasteiger partial charge in [-0.3, -0.25) is 0 Å². The summed E-state index contributed by atoms with van der Waals surface area (Å²) in [7, 11) is 1.78. The van der Waals surface area contributed by atoms with E-state index >= 15 is 0 Å². The van der Waals surface area contributed by atoms with Gasteiger partial charge in [0, 0.05) is 25.5 Å². The van der Waals surface area contributed by atoms with Crippen LogP contribution in [0.15, 0.2) is 18.2 Å². The third-order valence-corrected chi connectivity index (χ3v) is 4.17. The van der Waals surface area contributed by atoms with Gasteiger partial charge in [-0.05, 0) is 30.5 Å². The summed E-state index contributed by atoms with van der Waals surface area (Å²) in [5.74, 6) is 0. The van der Waals surface area contributed by atoms with E-state index < -0.39 is 0 Å². The van der Waals surface area contributed by atoms with Gasteiger partial charge in [0.15, 0.2) is 0 Å². The number of alkyl halides is 1. The van der Waals surface area contributed by atoms with Gasteiger partial charge in [-0.2, -0.15) is 0 Å². The molecule has 1 aromatic carbocycles. The van der Waals surface area contributed by atoms with E-state index in [9.17, 15) is 0 Å². The maximum absolute atomic E-state index is 6.33. The molecule has 0 bridgehead atoms. The number of nitrogens with zero attached hydrogens (tertiary/aromatic N) is 1. The maximum Gasteiger partial charge on any atom is 0.0746 e. The summed E-state index contributed by atoms with van der Waals surface area (Å²) in [5, 5.41) is 1.67. The molecular formula is C13H17BrClNO. The fraction of sp³-hybridized carbons (Fsp3) is 0.538. The lowest BCUT2D eigenvalue weighted by Crippen LogP contribution is -2.39. The van der Waals surface area contributed by atoms with E-state index in [2.05, 4.69) is 33.0 Å². The third-order valence-electron chi connectivity index (χ3n) is 3.22. The van der Waals surface area contributed by atoms with E-state index in [-0.39, 0.29) is 0 Å². The second-order valence-electron chi connectivity index (χ2n) is 4.37. The average Bonchev–Trinajstić information content (AvgIpc) is 2.38. The second kappa shape index (κ2) is 6.07. The van der Waals surface area contributed by atoms with E-state index in [4.69, 9.17) is 16.3 Å². The minimum Gasteiger partial charge on any atom is -0.380 e. The van der Waals surface area contributed by atoms with Crippen LogP contribution in [-0.4, -0.2) is 26.3 Å². The highest BCUT2D eigenvalue weighted by Crippen LogP contribution is 2.30. The van der Waals surface area contributed by atoms with Crippen molar-refractivity contribution in [3.05, 3.63) is 28.8 Å². The molecule has 94 valence electrons. The lowest BCUT2D eigenvalue weighted by atomic mass is 10.1. The molecule has 1 saturated heterocycles. The monoisotopic (exact) mass is 317 g/mol. The van der Waals surface area contributed by atoms with E-state index in [0.717, 1.165) is 42.0 Å². The molecule has 0 N–H and O–H groups in total. The molecule has 1 aromatic rings. The standard InChI is InChI=1S/C13H17BrClNO/c1-17-11-3-2-6-16(9-11)13-5-4-10(8-14)7-12(13)15/h4-5,7,11H,2-3,6,8-9H2,1H3. The van der Waals surface area contributed by atoms with Crippen molar-refractivity contribution in [3.8, 4) is 0 Å². The Hall–Kier alpha value is -0.250. The Morgan fingerprint density at radius 3 is 3.00 bits per heavy atom. The maximum atomic E-state index is 6.33. The van der Waals surface area contributed by atoms with Crippen LogP contribution in [-0.2, 0) is 10.1 Å². The summed E-state index contributed by atoms with van der Waals surface area (Å²) in [6, 6.07) is 6.26. The molecule has 0 spiro atoms. The first-order valence-electron chi connectivity index (χ1n) is 5.86. The summed E-state index contributed by atoms with van der Waals surface area (Å²) >= 11 is 9.77. The lowest BCUT2D eigenvalue weighted by Gasteiger charge is -2.34. The Morgan fingerprint density at radius 1 is 1.53 bits per heavy atom. The molecule has 1 aliphatic rings. The summed E-state index contributed by atoms with van der Waals surface area (Å²) in [6.07, 6.45) is 2.63. The highest BCUT2D eigenvalue weighted by molar-refractivity contribution is 9.08. The largest absolute Gasteiger partial charge is 0.380 e. The van der Waals surface area contributed by atoms with Gasteiger partial charge in [0.1, 0.15) is 0 Å². The Morgan fingerprint density at radius 2 is 2.35 bits per heavy atom. The molecule has 1 aliphatic heterocycles. The fourth-order valence-corrected chi connectivity index (χ4v) is 2.91. The van der Waals surface area contributed by atoms with Crippen molar-refractivity contribution in [3.63, 3.8) is 0 Å². The molecular weight excluding hydrogens is 302 g/mol. The summed E-state index contributed by atoms with van der Waals surface area (Å²) < 4.78 is 5.44. The second-order valence-corrected chi connectivity index (χ2v) is 5.33. The zero-order valence-corrected chi connectivity index (χ0v) is 12.3. The molecule has 1 atom stereocenters. The Bertz CT molecular complexity index is 386. The Labute approximate surface area is 116 Å². The van der Waals surface area contributed by atoms with Crippen molar-refractivity contribution >= 4 is 33.2 Å². The number of methoxy groups -OCH3 is 1. The van der Waals surface area contributed by atoms with Gasteiger partial charge in [0.2, 0.25) is 0 Å². The highest BCUT2D eigenvalue weighted by atomic mass is 79.9. The quantitative estimate of drug-likeness (QED) is 0.785. The van der Waals surface area contributed by atoms with E-state index in [0.29, 0.717) is 6.10 Å². The minimum atomic E-state index is 0.329. The number of piperidine rings is 1. The number of hydrogen-bond acceptors (Lipinski definition) is 2. The number of anilines is 1. The summed E-state index contributed by atoms with van der Waals surface area (Å²) in [6.45, 7) is 2.00. The van der Waals surface area contributed by atoms with Gasteiger partial charge >= 0.3 is 0 Å². The molecule has 2 nitrogen and oxygen atoms in total. The van der Waals surface area contributed by atoms with Gasteiger partial charge in [0.25, 0.3) is 0 Å². The van der Waals surface area contributed by atoms with Crippen molar-refractivity contribution < 1.29 is 4.74 Å². The first-order valence-corrected chi connectivity index (χ1v) is 7.36. The van der Waals surface area contributed by atoms with Gasteiger partial charge in [0.05, 0.1) is 16.8 Å². The van der Waals surface area contributed by atoms with Crippen molar-refractivity contribution in [2.45, 2.75) is 24.3 Å². The molecule has 4 heteroatoms. The van der Waals surface area contributed by atoms with Crippen molar-refractivity contribution in [1.82, 2.24) is 0 Å². The number of ether oxygens (including phenoxy) is 1. The lowest BCUT2D eigenvalue weighted by molar-refractivity contribution is 0.0893. The van der Waals surface area contributed by atoms with Crippen LogP contribution in [0.2, 0.25) is 5.02 Å². The Balaban J connectivity index is 2.16. The predicted octanol–water partition coefficient (Wildman–Crippen LogP) is 3.85. The topological polar surface area (TPSA) is 12.5 Å². The normalized spacial score (nSPS) is 20.6. The van der Waals surface area contributed by atoms with Crippen LogP contribution in [0.1, 0.15) is 18.4 Å². The van der Waals surface area contributed by atoms with Gasteiger partial charge in [-0.15, -0.1) is 0 Å². The van der Waals surface area contributed by atoms with E-state index in [1.54, 1.807) is 7.11 Å². The van der Waals surface area contributed by atoms with Crippen LogP contribution in [0.3, 0.4) is 0 Å². The van der Waals surface area contributed by atoms with Gasteiger partial charge in [-0.1, -0.05) is 33.6 Å². The van der Waals surface area contributed by atoms with Crippen LogP contribution in [0.4, 0.5) is 5.69 Å². The first kappa shape index (κ1) is 13.2. The molecule has 1 fully saturated rings. The molecule has 1 unspecified atom stereocenters. The van der Waals surface area contributed by atoms with Gasteiger partial charge < -0.3 is 9.64 Å². The van der Waals surface area contributed by atoms with Crippen molar-refractivity contribution in [1.29, 1.82) is 0 Å². The average molecular weight is 319 g/mol. The van der Waals surface area contributed by atoms with Crippen LogP contribution in [0, 0.1) is 0 Å². The molecule has 0 aliphatic carbocycles.